The molecule has 5 rings (SSSR count). The van der Waals surface area contributed by atoms with Crippen LogP contribution in [0.1, 0.15) is 16.7 Å². The Labute approximate surface area is 199 Å². The van der Waals surface area contributed by atoms with Crippen LogP contribution in [0.15, 0.2) is 67.0 Å². The first kappa shape index (κ1) is 22.3. The maximum Gasteiger partial charge on any atom is 0.225 e. The van der Waals surface area contributed by atoms with Crippen molar-refractivity contribution in [2.75, 3.05) is 31.6 Å². The smallest absolute Gasteiger partial charge is 0.225 e. The molecule has 34 heavy (non-hydrogen) atoms. The number of carbonyl (C=O) groups is 1. The molecular formula is C27H29FN4O2. The van der Waals surface area contributed by atoms with Gasteiger partial charge in [0.1, 0.15) is 11.6 Å². The fourth-order valence-electron chi connectivity index (χ4n) is 5.08. The van der Waals surface area contributed by atoms with E-state index in [1.165, 1.54) is 17.7 Å². The van der Waals surface area contributed by atoms with Crippen molar-refractivity contribution < 1.29 is 13.9 Å². The number of carbonyl (C=O) groups excluding carboxylic acids is 1. The Hall–Kier alpha value is -3.45. The molecule has 176 valence electrons. The summed E-state index contributed by atoms with van der Waals surface area (Å²) in [6.07, 6.45) is 4.16. The average molecular weight is 461 g/mol. The number of anilines is 1. The highest BCUT2D eigenvalue weighted by molar-refractivity contribution is 5.82. The highest BCUT2D eigenvalue weighted by Gasteiger charge is 2.41. The molecule has 0 aliphatic carbocycles. The number of hydrogen-bond donors (Lipinski definition) is 1. The standard InChI is InChI=1S/C27H29FN4O2/c1-34-23-7-4-21-14-24(27(33)30-16-19-8-10-29-11-9-19)26-18-31(12-13-32(26)25(21)15-23)17-20-2-5-22(28)6-3-20/h2-11,15,24,26H,12-14,16-18H2,1H3,(H,30,33)/t24-,26-/m1/s1. The molecule has 2 aromatic carbocycles. The monoisotopic (exact) mass is 460 g/mol. The lowest BCUT2D eigenvalue weighted by molar-refractivity contribution is -0.126. The minimum Gasteiger partial charge on any atom is -0.497 e. The largest absolute Gasteiger partial charge is 0.497 e. The van der Waals surface area contributed by atoms with Crippen LogP contribution in [0.5, 0.6) is 5.75 Å². The molecule has 6 nitrogen and oxygen atoms in total. The SMILES string of the molecule is COc1ccc2c(c1)N1CCN(Cc3ccc(F)cc3)C[C@@H]1[C@H](C(=O)NCc1ccncc1)C2. The van der Waals surface area contributed by atoms with Gasteiger partial charge in [0.05, 0.1) is 19.1 Å². The number of halogens is 1. The molecule has 2 aliphatic heterocycles. The number of methoxy groups -OCH3 is 1. The van der Waals surface area contributed by atoms with Crippen LogP contribution in [0.4, 0.5) is 10.1 Å². The first-order chi connectivity index (χ1) is 16.6. The summed E-state index contributed by atoms with van der Waals surface area (Å²) in [5, 5.41) is 3.15. The first-order valence-electron chi connectivity index (χ1n) is 11.7. The molecule has 2 aliphatic rings. The molecule has 1 N–H and O–H groups in total. The van der Waals surface area contributed by atoms with E-state index in [0.717, 1.165) is 48.7 Å². The van der Waals surface area contributed by atoms with Crippen molar-refractivity contribution in [1.29, 1.82) is 0 Å². The van der Waals surface area contributed by atoms with E-state index in [4.69, 9.17) is 4.74 Å². The van der Waals surface area contributed by atoms with E-state index in [2.05, 4.69) is 32.2 Å². The number of nitrogens with zero attached hydrogens (tertiary/aromatic N) is 3. The third kappa shape index (κ3) is 4.75. The van der Waals surface area contributed by atoms with Crippen molar-refractivity contribution in [2.45, 2.75) is 25.6 Å². The predicted molar refractivity (Wildman–Crippen MR) is 129 cm³/mol. The number of hydrogen-bond acceptors (Lipinski definition) is 5. The Morgan fingerprint density at radius 2 is 1.88 bits per heavy atom. The van der Waals surface area contributed by atoms with Crippen LogP contribution >= 0.6 is 0 Å². The van der Waals surface area contributed by atoms with E-state index in [-0.39, 0.29) is 23.7 Å². The van der Waals surface area contributed by atoms with Crippen molar-refractivity contribution >= 4 is 11.6 Å². The second-order valence-electron chi connectivity index (χ2n) is 9.00. The summed E-state index contributed by atoms with van der Waals surface area (Å²) >= 11 is 0. The summed E-state index contributed by atoms with van der Waals surface area (Å²) in [5.41, 5.74) is 4.44. The predicted octanol–water partition coefficient (Wildman–Crippen LogP) is 3.41. The Bertz CT molecular complexity index is 1140. The van der Waals surface area contributed by atoms with Crippen LogP contribution in [0.25, 0.3) is 0 Å². The van der Waals surface area contributed by atoms with Crippen LogP contribution in [0.2, 0.25) is 0 Å². The summed E-state index contributed by atoms with van der Waals surface area (Å²) in [5.74, 6) is 0.500. The zero-order valence-electron chi connectivity index (χ0n) is 19.3. The van der Waals surface area contributed by atoms with Crippen LogP contribution in [-0.2, 0) is 24.3 Å². The van der Waals surface area contributed by atoms with Crippen molar-refractivity contribution in [3.05, 3.63) is 89.5 Å². The number of benzene rings is 2. The number of piperazine rings is 1. The Balaban J connectivity index is 1.37. The lowest BCUT2D eigenvalue weighted by Crippen LogP contribution is -2.60. The van der Waals surface area contributed by atoms with Gasteiger partial charge in [0.25, 0.3) is 0 Å². The van der Waals surface area contributed by atoms with Crippen molar-refractivity contribution in [1.82, 2.24) is 15.2 Å². The number of ether oxygens (including phenoxy) is 1. The van der Waals surface area contributed by atoms with E-state index < -0.39 is 0 Å². The molecule has 1 fully saturated rings. The lowest BCUT2D eigenvalue weighted by Gasteiger charge is -2.49. The van der Waals surface area contributed by atoms with Crippen LogP contribution < -0.4 is 15.0 Å². The van der Waals surface area contributed by atoms with E-state index in [0.29, 0.717) is 13.0 Å². The van der Waals surface area contributed by atoms with Gasteiger partial charge in [-0.05, 0) is 53.4 Å². The average Bonchev–Trinajstić information content (AvgIpc) is 2.88. The molecule has 3 aromatic rings. The Morgan fingerprint density at radius 3 is 2.65 bits per heavy atom. The molecule has 2 atom stereocenters. The van der Waals surface area contributed by atoms with Gasteiger partial charge in [0, 0.05) is 56.9 Å². The molecule has 1 amide bonds. The van der Waals surface area contributed by atoms with Gasteiger partial charge in [-0.15, -0.1) is 0 Å². The highest BCUT2D eigenvalue weighted by Crippen LogP contribution is 2.38. The number of rotatable bonds is 6. The fraction of sp³-hybridized carbons (Fsp3) is 0.333. The minimum absolute atomic E-state index is 0.0474. The number of amides is 1. The molecule has 0 radical (unpaired) electrons. The molecule has 1 aromatic heterocycles. The lowest BCUT2D eigenvalue weighted by atomic mass is 9.83. The number of pyridine rings is 1. The van der Waals surface area contributed by atoms with Crippen molar-refractivity contribution in [2.24, 2.45) is 5.92 Å². The normalized spacial score (nSPS) is 19.8. The quantitative estimate of drug-likeness (QED) is 0.611. The topological polar surface area (TPSA) is 57.7 Å². The van der Waals surface area contributed by atoms with Crippen molar-refractivity contribution in [3.63, 3.8) is 0 Å². The van der Waals surface area contributed by atoms with E-state index in [9.17, 15) is 9.18 Å². The molecule has 0 unspecified atom stereocenters. The minimum atomic E-state index is -0.225. The van der Waals surface area contributed by atoms with Crippen LogP contribution in [0, 0.1) is 11.7 Å². The number of nitrogens with one attached hydrogen (secondary N) is 1. The summed E-state index contributed by atoms with van der Waals surface area (Å²) in [6, 6.07) is 16.7. The van der Waals surface area contributed by atoms with Gasteiger partial charge in [-0.1, -0.05) is 18.2 Å². The second kappa shape index (κ2) is 9.81. The zero-order valence-corrected chi connectivity index (χ0v) is 19.3. The third-order valence-corrected chi connectivity index (χ3v) is 6.88. The van der Waals surface area contributed by atoms with Gasteiger partial charge < -0.3 is 15.0 Å². The fourth-order valence-corrected chi connectivity index (χ4v) is 5.08. The zero-order chi connectivity index (χ0) is 23.5. The number of aromatic nitrogens is 1. The molecule has 7 heteroatoms. The highest BCUT2D eigenvalue weighted by atomic mass is 19.1. The molecule has 0 saturated carbocycles. The Morgan fingerprint density at radius 1 is 1.09 bits per heavy atom. The first-order valence-corrected chi connectivity index (χ1v) is 11.7. The van der Waals surface area contributed by atoms with Gasteiger partial charge in [0.15, 0.2) is 0 Å². The maximum atomic E-state index is 13.4. The van der Waals surface area contributed by atoms with E-state index >= 15 is 0 Å². The number of fused-ring (bicyclic) bond motifs is 3. The maximum absolute atomic E-state index is 13.4. The summed E-state index contributed by atoms with van der Waals surface area (Å²) in [4.78, 5) is 22.2. The van der Waals surface area contributed by atoms with Crippen molar-refractivity contribution in [3.8, 4) is 5.75 Å². The van der Waals surface area contributed by atoms with Gasteiger partial charge >= 0.3 is 0 Å². The summed E-state index contributed by atoms with van der Waals surface area (Å²) in [6.45, 7) is 3.68. The van der Waals surface area contributed by atoms with E-state index in [1.54, 1.807) is 19.5 Å². The summed E-state index contributed by atoms with van der Waals surface area (Å²) < 4.78 is 18.8. The van der Waals surface area contributed by atoms with E-state index in [1.807, 2.05) is 30.3 Å². The van der Waals surface area contributed by atoms with Crippen LogP contribution in [0.3, 0.4) is 0 Å². The Kier molecular flexibility index (Phi) is 6.45. The molecule has 1 saturated heterocycles. The van der Waals surface area contributed by atoms with Gasteiger partial charge in [-0.3, -0.25) is 14.7 Å². The molecular weight excluding hydrogens is 431 g/mol. The third-order valence-electron chi connectivity index (χ3n) is 6.88. The second-order valence-corrected chi connectivity index (χ2v) is 9.00. The summed E-state index contributed by atoms with van der Waals surface area (Å²) in [7, 11) is 1.68. The van der Waals surface area contributed by atoms with Gasteiger partial charge in [0.2, 0.25) is 5.91 Å². The molecule has 3 heterocycles. The van der Waals surface area contributed by atoms with Crippen LogP contribution in [-0.4, -0.2) is 48.6 Å². The molecule has 0 spiro atoms. The molecule has 0 bridgehead atoms. The van der Waals surface area contributed by atoms with Gasteiger partial charge in [-0.2, -0.15) is 0 Å². The van der Waals surface area contributed by atoms with Gasteiger partial charge in [-0.25, -0.2) is 4.39 Å².